The number of hydrogen-bond acceptors (Lipinski definition) is 5. The number of nitrogens with zero attached hydrogens (tertiary/aromatic N) is 3. The lowest BCUT2D eigenvalue weighted by Gasteiger charge is -2.29. The molecule has 0 saturated heterocycles. The van der Waals surface area contributed by atoms with Gasteiger partial charge in [-0.3, -0.25) is 14.7 Å². The molecule has 1 saturated carbocycles. The second-order valence-electron chi connectivity index (χ2n) is 8.04. The van der Waals surface area contributed by atoms with E-state index in [0.717, 1.165) is 56.6 Å². The van der Waals surface area contributed by atoms with E-state index >= 15 is 0 Å². The molecular formula is C22H29N3O2S. The molecule has 150 valence electrons. The van der Waals surface area contributed by atoms with Crippen LogP contribution in [0.3, 0.4) is 0 Å². The van der Waals surface area contributed by atoms with Crippen LogP contribution >= 0.6 is 11.3 Å². The van der Waals surface area contributed by atoms with E-state index in [9.17, 15) is 4.79 Å². The monoisotopic (exact) mass is 399 g/mol. The van der Waals surface area contributed by atoms with Gasteiger partial charge in [-0.2, -0.15) is 0 Å². The summed E-state index contributed by atoms with van der Waals surface area (Å²) in [7, 11) is 3.64. The highest BCUT2D eigenvalue weighted by molar-refractivity contribution is 7.10. The lowest BCUT2D eigenvalue weighted by molar-refractivity contribution is 0.0550. The molecule has 2 aromatic heterocycles. The van der Waals surface area contributed by atoms with Crippen LogP contribution in [0.4, 0.5) is 0 Å². The largest absolute Gasteiger partial charge is 0.382 e. The summed E-state index contributed by atoms with van der Waals surface area (Å²) in [6, 6.07) is 4.31. The normalized spacial score (nSPS) is 18.0. The highest BCUT2D eigenvalue weighted by atomic mass is 32.1. The summed E-state index contributed by atoms with van der Waals surface area (Å²) in [6.45, 7) is 5.50. The molecule has 0 atom stereocenters. The van der Waals surface area contributed by atoms with Crippen LogP contribution in [0.15, 0.2) is 23.7 Å². The number of aromatic nitrogens is 1. The van der Waals surface area contributed by atoms with Gasteiger partial charge >= 0.3 is 0 Å². The molecule has 0 bridgehead atoms. The zero-order valence-electron chi connectivity index (χ0n) is 17.0. The second kappa shape index (κ2) is 7.93. The number of aryl methyl sites for hydroxylation is 1. The van der Waals surface area contributed by atoms with E-state index in [1.165, 1.54) is 16.0 Å². The molecule has 0 radical (unpaired) electrons. The number of amides is 1. The summed E-state index contributed by atoms with van der Waals surface area (Å²) < 4.78 is 5.35. The van der Waals surface area contributed by atoms with Crippen molar-refractivity contribution in [3.05, 3.63) is 51.0 Å². The minimum Gasteiger partial charge on any atom is -0.382 e. The van der Waals surface area contributed by atoms with Crippen LogP contribution in [0, 0.1) is 0 Å². The molecule has 6 heteroatoms. The van der Waals surface area contributed by atoms with Gasteiger partial charge in [-0.1, -0.05) is 13.0 Å². The fourth-order valence-corrected chi connectivity index (χ4v) is 5.18. The van der Waals surface area contributed by atoms with E-state index in [-0.39, 0.29) is 11.4 Å². The molecule has 2 aromatic rings. The summed E-state index contributed by atoms with van der Waals surface area (Å²) in [4.78, 5) is 23.4. The number of carbonyl (C=O) groups is 1. The van der Waals surface area contributed by atoms with Gasteiger partial charge in [0.25, 0.3) is 5.91 Å². The van der Waals surface area contributed by atoms with Crippen molar-refractivity contribution in [2.45, 2.75) is 51.2 Å². The molecule has 1 fully saturated rings. The third-order valence-corrected chi connectivity index (χ3v) is 7.21. The number of likely N-dealkylation sites (N-methyl/N-ethyl adjacent to an activating group) is 1. The summed E-state index contributed by atoms with van der Waals surface area (Å²) in [6.07, 6.45) is 6.00. The molecule has 1 aliphatic heterocycles. The first-order valence-corrected chi connectivity index (χ1v) is 11.0. The van der Waals surface area contributed by atoms with Gasteiger partial charge < -0.3 is 9.64 Å². The maximum Gasteiger partial charge on any atom is 0.255 e. The Morgan fingerprint density at radius 3 is 2.86 bits per heavy atom. The van der Waals surface area contributed by atoms with E-state index in [1.807, 2.05) is 18.1 Å². The van der Waals surface area contributed by atoms with Gasteiger partial charge in [-0.15, -0.1) is 11.3 Å². The molecule has 3 heterocycles. The van der Waals surface area contributed by atoms with Gasteiger partial charge in [0.1, 0.15) is 0 Å². The SMILES string of the molecule is CCc1ccc(CN2CCc3c(C(=O)N(C)C4(COC)CC4)csc3C2)nc1. The standard InChI is InChI=1S/C22H29N3O2S/c1-4-16-5-6-17(23-11-16)12-25-10-7-18-19(14-28-20(18)13-25)21(26)24(2)22(8-9-22)15-27-3/h5-6,11,14H,4,7-10,12-13,15H2,1-3H3. The van der Waals surface area contributed by atoms with Crippen molar-refractivity contribution in [1.29, 1.82) is 0 Å². The predicted octanol–water partition coefficient (Wildman–Crippen LogP) is 3.51. The average molecular weight is 400 g/mol. The number of thiophene rings is 1. The van der Waals surface area contributed by atoms with Crippen molar-refractivity contribution in [3.8, 4) is 0 Å². The summed E-state index contributed by atoms with van der Waals surface area (Å²) in [5.74, 6) is 0.150. The Kier molecular flexibility index (Phi) is 5.54. The molecule has 4 rings (SSSR count). The summed E-state index contributed by atoms with van der Waals surface area (Å²) >= 11 is 1.72. The van der Waals surface area contributed by atoms with Crippen LogP contribution in [0.25, 0.3) is 0 Å². The average Bonchev–Trinajstić information content (AvgIpc) is 3.38. The maximum absolute atomic E-state index is 13.1. The molecule has 28 heavy (non-hydrogen) atoms. The molecule has 2 aliphatic rings. The zero-order chi connectivity index (χ0) is 19.7. The number of ether oxygens (including phenoxy) is 1. The number of rotatable bonds is 7. The first-order chi connectivity index (χ1) is 13.6. The quantitative estimate of drug-likeness (QED) is 0.715. The zero-order valence-corrected chi connectivity index (χ0v) is 17.8. The van der Waals surface area contributed by atoms with Crippen LogP contribution in [0.2, 0.25) is 0 Å². The number of fused-ring (bicyclic) bond motifs is 1. The van der Waals surface area contributed by atoms with Gasteiger partial charge in [0.05, 0.1) is 23.4 Å². The van der Waals surface area contributed by atoms with E-state index in [1.54, 1.807) is 18.4 Å². The Balaban J connectivity index is 1.43. The van der Waals surface area contributed by atoms with E-state index < -0.39 is 0 Å². The highest BCUT2D eigenvalue weighted by Crippen LogP contribution is 2.42. The Labute approximate surface area is 171 Å². The maximum atomic E-state index is 13.1. The fourth-order valence-electron chi connectivity index (χ4n) is 4.07. The van der Waals surface area contributed by atoms with E-state index in [4.69, 9.17) is 4.74 Å². The molecule has 5 nitrogen and oxygen atoms in total. The van der Waals surface area contributed by atoms with Gasteiger partial charge in [0.2, 0.25) is 0 Å². The van der Waals surface area contributed by atoms with E-state index in [2.05, 4.69) is 34.3 Å². The van der Waals surface area contributed by atoms with Gasteiger partial charge in [0, 0.05) is 50.2 Å². The Bertz CT molecular complexity index is 842. The van der Waals surface area contributed by atoms with Crippen molar-refractivity contribution in [1.82, 2.24) is 14.8 Å². The molecule has 0 N–H and O–H groups in total. The number of carbonyl (C=O) groups excluding carboxylic acids is 1. The number of methoxy groups -OCH3 is 1. The predicted molar refractivity (Wildman–Crippen MR) is 112 cm³/mol. The number of hydrogen-bond donors (Lipinski definition) is 0. The Hall–Kier alpha value is -1.76. The van der Waals surface area contributed by atoms with Crippen LogP contribution in [-0.4, -0.2) is 53.5 Å². The Morgan fingerprint density at radius 1 is 1.39 bits per heavy atom. The highest BCUT2D eigenvalue weighted by Gasteiger charge is 2.49. The van der Waals surface area contributed by atoms with Crippen molar-refractivity contribution in [2.75, 3.05) is 27.3 Å². The van der Waals surface area contributed by atoms with Crippen molar-refractivity contribution in [2.24, 2.45) is 0 Å². The molecule has 0 spiro atoms. The third-order valence-electron chi connectivity index (χ3n) is 6.19. The third kappa shape index (κ3) is 3.73. The van der Waals surface area contributed by atoms with Crippen LogP contribution in [0.1, 0.15) is 51.8 Å². The van der Waals surface area contributed by atoms with Crippen LogP contribution in [-0.2, 0) is 30.7 Å². The second-order valence-corrected chi connectivity index (χ2v) is 9.01. The van der Waals surface area contributed by atoms with Gasteiger partial charge in [0.15, 0.2) is 0 Å². The first kappa shape index (κ1) is 19.6. The minimum atomic E-state index is -0.0856. The van der Waals surface area contributed by atoms with Crippen molar-refractivity contribution < 1.29 is 9.53 Å². The Morgan fingerprint density at radius 2 is 2.21 bits per heavy atom. The molecule has 0 unspecified atom stereocenters. The fraction of sp³-hybridized carbons (Fsp3) is 0.545. The topological polar surface area (TPSA) is 45.7 Å². The van der Waals surface area contributed by atoms with Crippen molar-refractivity contribution >= 4 is 17.2 Å². The molecule has 1 aliphatic carbocycles. The first-order valence-electron chi connectivity index (χ1n) is 10.1. The molecule has 1 amide bonds. The molecule has 0 aromatic carbocycles. The summed E-state index contributed by atoms with van der Waals surface area (Å²) in [5, 5.41) is 2.06. The smallest absolute Gasteiger partial charge is 0.255 e. The molecular weight excluding hydrogens is 370 g/mol. The van der Waals surface area contributed by atoms with Gasteiger partial charge in [-0.25, -0.2) is 0 Å². The minimum absolute atomic E-state index is 0.0856. The lowest BCUT2D eigenvalue weighted by atomic mass is 10.0. The van der Waals surface area contributed by atoms with E-state index in [0.29, 0.717) is 6.61 Å². The van der Waals surface area contributed by atoms with Crippen LogP contribution < -0.4 is 0 Å². The van der Waals surface area contributed by atoms with Gasteiger partial charge in [-0.05, 0) is 42.9 Å². The van der Waals surface area contributed by atoms with Crippen LogP contribution in [0.5, 0.6) is 0 Å². The van der Waals surface area contributed by atoms with Crippen molar-refractivity contribution in [3.63, 3.8) is 0 Å². The lowest BCUT2D eigenvalue weighted by Crippen LogP contribution is -2.42. The summed E-state index contributed by atoms with van der Waals surface area (Å²) in [5.41, 5.74) is 4.45. The number of pyridine rings is 1.